The van der Waals surface area contributed by atoms with Gasteiger partial charge in [-0.2, -0.15) is 0 Å². The van der Waals surface area contributed by atoms with Crippen molar-refractivity contribution in [2.24, 2.45) is 0 Å². The fourth-order valence-corrected chi connectivity index (χ4v) is 0.544. The van der Waals surface area contributed by atoms with Gasteiger partial charge in [-0.05, 0) is 37.6 Å². The number of hydrogen-bond donors (Lipinski definition) is 0. The average Bonchev–Trinajstić information content (AvgIpc) is 2.50. The van der Waals surface area contributed by atoms with Crippen LogP contribution in [0.4, 0.5) is 4.39 Å². The third kappa shape index (κ3) is 26.0. The summed E-state index contributed by atoms with van der Waals surface area (Å²) in [4.78, 5) is 3.85. The molecule has 0 aliphatic carbocycles. The van der Waals surface area contributed by atoms with E-state index >= 15 is 0 Å². The van der Waals surface area contributed by atoms with Crippen LogP contribution in [-0.4, -0.2) is 4.98 Å². The summed E-state index contributed by atoms with van der Waals surface area (Å²) in [5, 5.41) is 0. The highest BCUT2D eigenvalue weighted by Gasteiger charge is 1.73. The van der Waals surface area contributed by atoms with Gasteiger partial charge in [-0.25, -0.2) is 4.39 Å². The number of pyridine rings is 1. The Morgan fingerprint density at radius 2 is 1.84 bits per heavy atom. The molecule has 1 heterocycles. The molecule has 1 aromatic rings. The van der Waals surface area contributed by atoms with Crippen molar-refractivity contribution in [2.45, 2.75) is 41.0 Å². The third-order valence-electron chi connectivity index (χ3n) is 1.52. The summed E-state index contributed by atoms with van der Waals surface area (Å²) < 4.78 is 11.6. The van der Waals surface area contributed by atoms with Gasteiger partial charge in [-0.15, -0.1) is 12.3 Å². The van der Waals surface area contributed by atoms with Gasteiger partial charge in [0.15, 0.2) is 0 Å². The molecule has 0 aliphatic rings. The molecule has 0 N–H and O–H groups in total. The largest absolute Gasteiger partial charge is 0.265 e. The number of nitrogens with zero attached hydrogens (tertiary/aromatic N) is 1. The molecule has 0 saturated carbocycles. The van der Waals surface area contributed by atoms with Crippen LogP contribution in [0.1, 0.15) is 39.7 Å². The number of aromatic nitrogens is 1. The van der Waals surface area contributed by atoms with E-state index < -0.39 is 0 Å². The minimum absolute atomic E-state index is 0.269. The molecule has 19 heavy (non-hydrogen) atoms. The number of rotatable bonds is 1. The maximum absolute atomic E-state index is 11.6. The molecule has 1 rings (SSSR count). The molecule has 0 spiro atoms. The molecule has 106 valence electrons. The summed E-state index contributed by atoms with van der Waals surface area (Å²) >= 11 is 0. The molecule has 0 aliphatic heterocycles. The van der Waals surface area contributed by atoms with Gasteiger partial charge in [0, 0.05) is 18.8 Å². The Labute approximate surface area is 118 Å². The molecule has 2 heteroatoms. The van der Waals surface area contributed by atoms with Crippen LogP contribution < -0.4 is 0 Å². The lowest BCUT2D eigenvalue weighted by atomic mass is 10.3. The SMILES string of the molecule is C#CCC.C=C/C(F)=C\C.CC.Cc1ccncc1. The number of allylic oxidation sites excluding steroid dienone is 3. The standard InChI is InChI=1S/C6H7N.C5H7F.C4H6.C2H6/c1-6-2-4-7-5-3-6;1-3-5(6)4-2;1-3-4-2;1-2/h2-5H,1H3;3-4H,1H2,2H3;1H,4H2,2H3;1-2H3/b;5-4+;;. The van der Waals surface area contributed by atoms with Gasteiger partial charge in [0.05, 0.1) is 0 Å². The van der Waals surface area contributed by atoms with E-state index in [-0.39, 0.29) is 5.83 Å². The van der Waals surface area contributed by atoms with Crippen molar-refractivity contribution in [2.75, 3.05) is 0 Å². The highest BCUT2D eigenvalue weighted by Crippen LogP contribution is 1.92. The van der Waals surface area contributed by atoms with Crippen molar-refractivity contribution in [3.8, 4) is 12.3 Å². The zero-order valence-corrected chi connectivity index (χ0v) is 12.8. The first-order valence-electron chi connectivity index (χ1n) is 6.36. The van der Waals surface area contributed by atoms with E-state index in [4.69, 9.17) is 6.42 Å². The van der Waals surface area contributed by atoms with Crippen molar-refractivity contribution in [3.63, 3.8) is 0 Å². The highest BCUT2D eigenvalue weighted by molar-refractivity contribution is 5.05. The molecular weight excluding hydrogens is 237 g/mol. The first kappa shape index (κ1) is 22.3. The summed E-state index contributed by atoms with van der Waals surface area (Å²) in [6.45, 7) is 12.8. The van der Waals surface area contributed by atoms with Crippen molar-refractivity contribution < 1.29 is 4.39 Å². The Morgan fingerprint density at radius 3 is 1.95 bits per heavy atom. The minimum atomic E-state index is -0.269. The summed E-state index contributed by atoms with van der Waals surface area (Å²) in [6.07, 6.45) is 11.7. The fourth-order valence-electron chi connectivity index (χ4n) is 0.544. The smallest absolute Gasteiger partial charge is 0.118 e. The van der Waals surface area contributed by atoms with Crippen molar-refractivity contribution >= 4 is 0 Å². The predicted octanol–water partition coefficient (Wildman–Crippen LogP) is 5.49. The molecule has 0 fully saturated rings. The molecule has 1 nitrogen and oxygen atoms in total. The van der Waals surface area contributed by atoms with Gasteiger partial charge in [0.25, 0.3) is 0 Å². The number of terminal acetylenes is 1. The number of halogens is 1. The Morgan fingerprint density at radius 1 is 1.42 bits per heavy atom. The summed E-state index contributed by atoms with van der Waals surface area (Å²) in [7, 11) is 0. The second-order valence-corrected chi connectivity index (χ2v) is 2.96. The van der Waals surface area contributed by atoms with Crippen molar-refractivity contribution in [1.82, 2.24) is 4.98 Å². The molecule has 0 aromatic carbocycles. The normalized spacial score (nSPS) is 8.16. The van der Waals surface area contributed by atoms with Gasteiger partial charge in [-0.1, -0.05) is 33.4 Å². The minimum Gasteiger partial charge on any atom is -0.265 e. The number of hydrogen-bond acceptors (Lipinski definition) is 1. The molecular formula is C17H26FN. The zero-order chi connectivity index (χ0) is 15.5. The predicted molar refractivity (Wildman–Crippen MR) is 84.5 cm³/mol. The first-order chi connectivity index (χ1) is 9.12. The fraction of sp³-hybridized carbons (Fsp3) is 0.353. The van der Waals surface area contributed by atoms with Crippen LogP contribution in [0.3, 0.4) is 0 Å². The molecule has 0 radical (unpaired) electrons. The Bertz CT molecular complexity index is 347. The molecule has 0 unspecified atom stereocenters. The topological polar surface area (TPSA) is 12.9 Å². The van der Waals surface area contributed by atoms with Crippen LogP contribution >= 0.6 is 0 Å². The molecule has 1 aromatic heterocycles. The second kappa shape index (κ2) is 21.4. The maximum atomic E-state index is 11.6. The van der Waals surface area contributed by atoms with Gasteiger partial charge >= 0.3 is 0 Å². The van der Waals surface area contributed by atoms with E-state index in [1.807, 2.05) is 39.8 Å². The quantitative estimate of drug-likeness (QED) is 0.482. The second-order valence-electron chi connectivity index (χ2n) is 2.96. The lowest BCUT2D eigenvalue weighted by Gasteiger charge is -1.82. The highest BCUT2D eigenvalue weighted by atomic mass is 19.1. The Kier molecular flexibility index (Phi) is 25.1. The van der Waals surface area contributed by atoms with E-state index in [0.717, 1.165) is 6.42 Å². The van der Waals surface area contributed by atoms with E-state index in [1.54, 1.807) is 19.3 Å². The lowest BCUT2D eigenvalue weighted by molar-refractivity contribution is 0.665. The third-order valence-corrected chi connectivity index (χ3v) is 1.52. The van der Waals surface area contributed by atoms with Crippen molar-refractivity contribution in [3.05, 3.63) is 54.6 Å². The molecule has 0 amide bonds. The monoisotopic (exact) mass is 263 g/mol. The lowest BCUT2D eigenvalue weighted by Crippen LogP contribution is -1.68. The Hall–Kier alpha value is -1.88. The van der Waals surface area contributed by atoms with Crippen LogP contribution in [0.2, 0.25) is 0 Å². The van der Waals surface area contributed by atoms with Crippen LogP contribution in [0.25, 0.3) is 0 Å². The van der Waals surface area contributed by atoms with E-state index in [1.165, 1.54) is 17.7 Å². The van der Waals surface area contributed by atoms with Crippen LogP contribution in [0.5, 0.6) is 0 Å². The van der Waals surface area contributed by atoms with Crippen LogP contribution in [-0.2, 0) is 0 Å². The average molecular weight is 263 g/mol. The van der Waals surface area contributed by atoms with E-state index in [0.29, 0.717) is 0 Å². The van der Waals surface area contributed by atoms with Gasteiger partial charge in [0.1, 0.15) is 5.83 Å². The van der Waals surface area contributed by atoms with Gasteiger partial charge in [-0.3, -0.25) is 4.98 Å². The number of aryl methyl sites for hydroxylation is 1. The maximum Gasteiger partial charge on any atom is 0.118 e. The summed E-state index contributed by atoms with van der Waals surface area (Å²) in [5.41, 5.74) is 1.26. The van der Waals surface area contributed by atoms with Crippen molar-refractivity contribution in [1.29, 1.82) is 0 Å². The first-order valence-corrected chi connectivity index (χ1v) is 6.36. The molecule has 0 saturated heterocycles. The Balaban J connectivity index is -0.000000196. The molecule has 0 atom stereocenters. The van der Waals surface area contributed by atoms with E-state index in [9.17, 15) is 4.39 Å². The van der Waals surface area contributed by atoms with E-state index in [2.05, 4.69) is 17.5 Å². The van der Waals surface area contributed by atoms with Gasteiger partial charge in [0.2, 0.25) is 0 Å². The van der Waals surface area contributed by atoms with Crippen LogP contribution in [0.15, 0.2) is 49.1 Å². The zero-order valence-electron chi connectivity index (χ0n) is 12.8. The van der Waals surface area contributed by atoms with Crippen LogP contribution in [0, 0.1) is 19.3 Å². The summed E-state index contributed by atoms with van der Waals surface area (Å²) in [5.74, 6) is 2.16. The summed E-state index contributed by atoms with van der Waals surface area (Å²) in [6, 6.07) is 3.94. The molecule has 0 bridgehead atoms. The van der Waals surface area contributed by atoms with Gasteiger partial charge < -0.3 is 0 Å².